The van der Waals surface area contributed by atoms with E-state index >= 15 is 0 Å². The summed E-state index contributed by atoms with van der Waals surface area (Å²) in [5.41, 5.74) is -1.01. The Bertz CT molecular complexity index is 1380. The van der Waals surface area contributed by atoms with Gasteiger partial charge < -0.3 is 19.3 Å². The Kier molecular flexibility index (Phi) is 6.84. The zero-order chi connectivity index (χ0) is 26.9. The molecular formula is C27H22F3NO6. The molecule has 1 amide bonds. The van der Waals surface area contributed by atoms with Crippen LogP contribution in [-0.2, 0) is 15.8 Å². The number of ether oxygens (including phenoxy) is 3. The molecular weight excluding hydrogens is 491 g/mol. The maximum absolute atomic E-state index is 13.5. The van der Waals surface area contributed by atoms with E-state index in [-0.39, 0.29) is 28.1 Å². The Labute approximate surface area is 210 Å². The van der Waals surface area contributed by atoms with Gasteiger partial charge in [-0.3, -0.25) is 14.5 Å². The molecule has 7 nitrogen and oxygen atoms in total. The lowest BCUT2D eigenvalue weighted by atomic mass is 9.94. The summed E-state index contributed by atoms with van der Waals surface area (Å²) in [6.45, 7) is 0. The van der Waals surface area contributed by atoms with Crippen LogP contribution in [0.15, 0.2) is 72.3 Å². The van der Waals surface area contributed by atoms with Crippen LogP contribution in [0.2, 0.25) is 0 Å². The number of rotatable bonds is 6. The van der Waals surface area contributed by atoms with Crippen LogP contribution in [0, 0.1) is 0 Å². The van der Waals surface area contributed by atoms with E-state index in [1.807, 2.05) is 0 Å². The van der Waals surface area contributed by atoms with Gasteiger partial charge in [0.05, 0.1) is 38.5 Å². The molecule has 4 rings (SSSR count). The molecule has 10 heteroatoms. The molecule has 3 aromatic rings. The number of aliphatic hydroxyl groups is 1. The highest BCUT2D eigenvalue weighted by Gasteiger charge is 2.48. The predicted octanol–water partition coefficient (Wildman–Crippen LogP) is 5.36. The molecule has 0 unspecified atom stereocenters. The second kappa shape index (κ2) is 9.88. The summed E-state index contributed by atoms with van der Waals surface area (Å²) in [4.78, 5) is 27.5. The van der Waals surface area contributed by atoms with Crippen LogP contribution < -0.4 is 19.1 Å². The summed E-state index contributed by atoms with van der Waals surface area (Å²) in [5.74, 6) is -1.56. The smallest absolute Gasteiger partial charge is 0.416 e. The normalized spacial score (nSPS) is 17.1. The molecule has 0 radical (unpaired) electrons. The Morgan fingerprint density at radius 1 is 0.865 bits per heavy atom. The largest absolute Gasteiger partial charge is 0.507 e. The molecule has 1 aliphatic heterocycles. The fourth-order valence-electron chi connectivity index (χ4n) is 4.17. The molecule has 192 valence electrons. The Morgan fingerprint density at radius 2 is 1.51 bits per heavy atom. The Morgan fingerprint density at radius 3 is 2.11 bits per heavy atom. The fraction of sp³-hybridized carbons (Fsp3) is 0.185. The number of carbonyl (C=O) groups is 2. The van der Waals surface area contributed by atoms with Crippen molar-refractivity contribution < 1.29 is 42.1 Å². The highest BCUT2D eigenvalue weighted by atomic mass is 19.4. The number of Topliss-reactive ketones (excluding diaryl/α,β-unsaturated/α-hetero) is 1. The number of ketones is 1. The zero-order valence-corrected chi connectivity index (χ0v) is 20.0. The van der Waals surface area contributed by atoms with Gasteiger partial charge in [-0.2, -0.15) is 13.2 Å². The molecule has 1 saturated heterocycles. The minimum Gasteiger partial charge on any atom is -0.507 e. The van der Waals surface area contributed by atoms with E-state index in [2.05, 4.69) is 0 Å². The number of carbonyl (C=O) groups excluding carboxylic acids is 2. The Balaban J connectivity index is 1.98. The van der Waals surface area contributed by atoms with Crippen LogP contribution >= 0.6 is 0 Å². The number of hydrogen-bond acceptors (Lipinski definition) is 6. The van der Waals surface area contributed by atoms with Gasteiger partial charge in [-0.1, -0.05) is 6.07 Å². The predicted molar refractivity (Wildman–Crippen MR) is 129 cm³/mol. The molecule has 0 aromatic heterocycles. The molecule has 1 fully saturated rings. The maximum Gasteiger partial charge on any atom is 0.416 e. The van der Waals surface area contributed by atoms with Gasteiger partial charge in [0.2, 0.25) is 0 Å². The van der Waals surface area contributed by atoms with Crippen molar-refractivity contribution in [3.8, 4) is 17.2 Å². The van der Waals surface area contributed by atoms with Crippen molar-refractivity contribution in [2.45, 2.75) is 12.2 Å². The maximum atomic E-state index is 13.5. The van der Waals surface area contributed by atoms with Crippen molar-refractivity contribution in [2.75, 3.05) is 26.2 Å². The first kappa shape index (κ1) is 25.6. The van der Waals surface area contributed by atoms with E-state index in [1.165, 1.54) is 51.7 Å². The molecule has 1 heterocycles. The fourth-order valence-corrected chi connectivity index (χ4v) is 4.17. The van der Waals surface area contributed by atoms with Crippen LogP contribution in [0.4, 0.5) is 18.9 Å². The first-order valence-corrected chi connectivity index (χ1v) is 10.9. The topological polar surface area (TPSA) is 85.3 Å². The van der Waals surface area contributed by atoms with Crippen molar-refractivity contribution >= 4 is 23.1 Å². The summed E-state index contributed by atoms with van der Waals surface area (Å²) < 4.78 is 56.2. The van der Waals surface area contributed by atoms with E-state index in [0.29, 0.717) is 11.5 Å². The number of hydrogen-bond donors (Lipinski definition) is 1. The molecule has 0 bridgehead atoms. The van der Waals surface area contributed by atoms with E-state index in [4.69, 9.17) is 14.2 Å². The Hall–Kier alpha value is -4.47. The third-order valence-electron chi connectivity index (χ3n) is 5.99. The van der Waals surface area contributed by atoms with Gasteiger partial charge in [-0.15, -0.1) is 0 Å². The highest BCUT2D eigenvalue weighted by molar-refractivity contribution is 6.51. The molecule has 0 saturated carbocycles. The van der Waals surface area contributed by atoms with Gasteiger partial charge in [-0.25, -0.2) is 0 Å². The molecule has 1 aliphatic rings. The molecule has 1 atom stereocenters. The number of benzene rings is 3. The van der Waals surface area contributed by atoms with Gasteiger partial charge in [0, 0.05) is 22.9 Å². The first-order chi connectivity index (χ1) is 17.6. The number of nitrogens with zero attached hydrogens (tertiary/aromatic N) is 1. The number of halogens is 3. The first-order valence-electron chi connectivity index (χ1n) is 10.9. The molecule has 0 spiro atoms. The summed E-state index contributed by atoms with van der Waals surface area (Å²) in [6.07, 6.45) is -4.68. The average Bonchev–Trinajstić information content (AvgIpc) is 3.17. The second-order valence-corrected chi connectivity index (χ2v) is 8.05. The van der Waals surface area contributed by atoms with Crippen molar-refractivity contribution in [3.63, 3.8) is 0 Å². The SMILES string of the molecule is COc1ccc(/C(O)=C2\C(=O)C(=O)N(c3cccc(C(F)(F)F)c3)[C@H]2c2ccc(OC)cc2OC)cc1. The molecule has 37 heavy (non-hydrogen) atoms. The molecule has 0 aliphatic carbocycles. The van der Waals surface area contributed by atoms with E-state index in [0.717, 1.165) is 23.1 Å². The van der Waals surface area contributed by atoms with E-state index in [1.54, 1.807) is 18.2 Å². The van der Waals surface area contributed by atoms with Gasteiger partial charge in [-0.05, 0) is 54.6 Å². The van der Waals surface area contributed by atoms with Crippen LogP contribution in [0.1, 0.15) is 22.7 Å². The van der Waals surface area contributed by atoms with Crippen LogP contribution in [0.3, 0.4) is 0 Å². The average molecular weight is 513 g/mol. The third-order valence-corrected chi connectivity index (χ3v) is 5.99. The van der Waals surface area contributed by atoms with Gasteiger partial charge >= 0.3 is 6.18 Å². The molecule has 1 N–H and O–H groups in total. The lowest BCUT2D eigenvalue weighted by molar-refractivity contribution is -0.137. The standard InChI is InChI=1S/C27H22F3NO6/c1-35-18-9-7-15(8-10-18)24(32)22-23(20-12-11-19(36-2)14-21(20)37-3)31(26(34)25(22)33)17-6-4-5-16(13-17)27(28,29)30/h4-14,23,32H,1-3H3/b24-22+/t23-/m0/s1. The minimum atomic E-state index is -4.68. The van der Waals surface area contributed by atoms with Crippen LogP contribution in [-0.4, -0.2) is 38.1 Å². The minimum absolute atomic E-state index is 0.173. The number of alkyl halides is 3. The van der Waals surface area contributed by atoms with Crippen LogP contribution in [0.5, 0.6) is 17.2 Å². The number of aliphatic hydroxyl groups excluding tert-OH is 1. The van der Waals surface area contributed by atoms with Gasteiger partial charge in [0.25, 0.3) is 11.7 Å². The van der Waals surface area contributed by atoms with Crippen LogP contribution in [0.25, 0.3) is 5.76 Å². The van der Waals surface area contributed by atoms with Crippen molar-refractivity contribution in [1.82, 2.24) is 0 Å². The summed E-state index contributed by atoms with van der Waals surface area (Å²) >= 11 is 0. The van der Waals surface area contributed by atoms with Gasteiger partial charge in [0.15, 0.2) is 0 Å². The van der Waals surface area contributed by atoms with Gasteiger partial charge in [0.1, 0.15) is 23.0 Å². The molecule has 3 aromatic carbocycles. The zero-order valence-electron chi connectivity index (χ0n) is 20.0. The summed E-state index contributed by atoms with van der Waals surface area (Å²) in [5, 5.41) is 11.2. The lowest BCUT2D eigenvalue weighted by Gasteiger charge is -2.27. The van der Waals surface area contributed by atoms with Crippen molar-refractivity contribution in [3.05, 3.63) is 89.0 Å². The van der Waals surface area contributed by atoms with Crippen molar-refractivity contribution in [1.29, 1.82) is 0 Å². The number of amides is 1. The highest BCUT2D eigenvalue weighted by Crippen LogP contribution is 2.46. The quantitative estimate of drug-likeness (QED) is 0.272. The number of anilines is 1. The van der Waals surface area contributed by atoms with E-state index < -0.39 is 35.2 Å². The number of methoxy groups -OCH3 is 3. The monoisotopic (exact) mass is 513 g/mol. The second-order valence-electron chi connectivity index (χ2n) is 8.05. The third kappa shape index (κ3) is 4.69. The lowest BCUT2D eigenvalue weighted by Crippen LogP contribution is -2.30. The van der Waals surface area contributed by atoms with Crippen molar-refractivity contribution in [2.24, 2.45) is 0 Å². The van der Waals surface area contributed by atoms with E-state index in [9.17, 15) is 27.9 Å². The summed E-state index contributed by atoms with van der Waals surface area (Å²) in [7, 11) is 4.26. The summed E-state index contributed by atoms with van der Waals surface area (Å²) in [6, 6.07) is 13.5.